The number of oxazole rings is 1. The molecule has 0 N–H and O–H groups in total. The van der Waals surface area contributed by atoms with Crippen LogP contribution in [0.1, 0.15) is 83.1 Å². The summed E-state index contributed by atoms with van der Waals surface area (Å²) in [5, 5.41) is 7.27. The normalized spacial score (nSPS) is 10.5. The molecule has 7 aromatic rings. The molecule has 1 aliphatic heterocycles. The smallest absolute Gasteiger partial charge is 0.231 e. The molecule has 0 aliphatic carbocycles. The molecular weight excluding hydrogens is 669 g/mol. The quantitative estimate of drug-likeness (QED) is 0.152. The lowest BCUT2D eigenvalue weighted by Crippen LogP contribution is -1.92. The number of nitrogens with zero attached hydrogens (tertiary/aromatic N) is 4. The Morgan fingerprint density at radius 3 is 1.35 bits per heavy atom. The van der Waals surface area contributed by atoms with Gasteiger partial charge in [-0.15, -0.1) is 11.3 Å². The second kappa shape index (κ2) is 27.0. The first-order valence-corrected chi connectivity index (χ1v) is 18.8. The first-order valence-electron chi connectivity index (χ1n) is 17.9. The van der Waals surface area contributed by atoms with Crippen LogP contribution in [0, 0.1) is 23.7 Å². The van der Waals surface area contributed by atoms with Crippen LogP contribution in [0.5, 0.6) is 11.5 Å². The van der Waals surface area contributed by atoms with Gasteiger partial charge in [0, 0.05) is 0 Å². The highest BCUT2D eigenvalue weighted by Gasteiger charge is 2.09. The predicted molar refractivity (Wildman–Crippen MR) is 220 cm³/mol. The average Bonchev–Trinajstić information content (AvgIpc) is 3.91. The molecular formula is C43H60N4O4S. The van der Waals surface area contributed by atoms with Crippen molar-refractivity contribution in [3.05, 3.63) is 109 Å². The van der Waals surface area contributed by atoms with Crippen molar-refractivity contribution < 1.29 is 18.5 Å². The van der Waals surface area contributed by atoms with Crippen molar-refractivity contribution in [2.75, 3.05) is 6.79 Å². The Hall–Kier alpha value is -4.76. The number of ether oxygens (including phenoxy) is 2. The Balaban J connectivity index is 0.000000307. The van der Waals surface area contributed by atoms with E-state index in [0.29, 0.717) is 6.79 Å². The van der Waals surface area contributed by atoms with E-state index >= 15 is 0 Å². The number of aromatic nitrogens is 4. The maximum absolute atomic E-state index is 5.08. The van der Waals surface area contributed by atoms with Crippen molar-refractivity contribution in [3.8, 4) is 11.5 Å². The number of thiazole rings is 1. The zero-order valence-corrected chi connectivity index (χ0v) is 34.1. The molecule has 0 amide bonds. The SMILES string of the molecule is CC(C)C.CC(C)C.CC(C)C.CC(C)C.c1ccc2c(c1)OCO2.c1ccc2nonc2c1.c1ccc2ocnc2c1.c1ccc2scnc2c1. The molecule has 1 aliphatic rings. The van der Waals surface area contributed by atoms with Crippen molar-refractivity contribution in [1.29, 1.82) is 0 Å². The Kier molecular flexibility index (Phi) is 23.5. The maximum Gasteiger partial charge on any atom is 0.231 e. The Morgan fingerprint density at radius 2 is 0.885 bits per heavy atom. The molecule has 0 spiro atoms. The highest BCUT2D eigenvalue weighted by atomic mass is 32.1. The summed E-state index contributed by atoms with van der Waals surface area (Å²) in [5.74, 6) is 5.02. The van der Waals surface area contributed by atoms with Gasteiger partial charge in [0.05, 0.1) is 15.7 Å². The van der Waals surface area contributed by atoms with E-state index in [1.807, 2.05) is 96.5 Å². The van der Waals surface area contributed by atoms with Gasteiger partial charge >= 0.3 is 0 Å². The molecule has 8 rings (SSSR count). The fraction of sp³-hybridized carbons (Fsp3) is 0.395. The molecule has 282 valence electrons. The summed E-state index contributed by atoms with van der Waals surface area (Å²) in [7, 11) is 0. The highest BCUT2D eigenvalue weighted by molar-refractivity contribution is 7.16. The Morgan fingerprint density at radius 1 is 0.481 bits per heavy atom. The molecule has 0 saturated heterocycles. The van der Waals surface area contributed by atoms with Gasteiger partial charge in [-0.05, 0) is 82.5 Å². The highest BCUT2D eigenvalue weighted by Crippen LogP contribution is 2.30. The van der Waals surface area contributed by atoms with Crippen LogP contribution in [0.3, 0.4) is 0 Å². The molecule has 4 heterocycles. The van der Waals surface area contributed by atoms with Crippen molar-refractivity contribution >= 4 is 43.7 Å². The minimum atomic E-state index is 0.360. The topological polar surface area (TPSA) is 96.3 Å². The third-order valence-electron chi connectivity index (χ3n) is 4.91. The molecule has 0 saturated carbocycles. The number of hydrogen-bond acceptors (Lipinski definition) is 9. The van der Waals surface area contributed by atoms with Gasteiger partial charge in [-0.25, -0.2) is 14.6 Å². The monoisotopic (exact) mass is 728 g/mol. The Bertz CT molecular complexity index is 1550. The van der Waals surface area contributed by atoms with Crippen molar-refractivity contribution in [1.82, 2.24) is 20.3 Å². The lowest BCUT2D eigenvalue weighted by Gasteiger charge is -1.89. The third kappa shape index (κ3) is 22.1. The summed E-state index contributed by atoms with van der Waals surface area (Å²) in [6, 6.07) is 30.9. The van der Waals surface area contributed by atoms with Gasteiger partial charge in [0.25, 0.3) is 0 Å². The second-order valence-corrected chi connectivity index (χ2v) is 15.1. The first-order chi connectivity index (χ1) is 24.8. The van der Waals surface area contributed by atoms with Gasteiger partial charge in [-0.3, -0.25) is 0 Å². The van der Waals surface area contributed by atoms with Gasteiger partial charge in [0.1, 0.15) is 16.6 Å². The van der Waals surface area contributed by atoms with E-state index in [0.717, 1.165) is 62.8 Å². The number of benzene rings is 4. The number of rotatable bonds is 0. The van der Waals surface area contributed by atoms with Gasteiger partial charge in [0.2, 0.25) is 6.79 Å². The minimum Gasteiger partial charge on any atom is -0.454 e. The predicted octanol–water partition coefficient (Wildman–Crippen LogP) is 13.4. The van der Waals surface area contributed by atoms with Crippen molar-refractivity contribution in [2.24, 2.45) is 23.7 Å². The second-order valence-electron chi connectivity index (χ2n) is 14.2. The number of fused-ring (bicyclic) bond motifs is 4. The van der Waals surface area contributed by atoms with E-state index in [2.05, 4.69) is 114 Å². The first kappa shape index (κ1) is 45.3. The van der Waals surface area contributed by atoms with Crippen LogP contribution in [0.15, 0.2) is 118 Å². The molecule has 0 bridgehead atoms. The van der Waals surface area contributed by atoms with E-state index in [1.54, 1.807) is 11.3 Å². The number of hydrogen-bond donors (Lipinski definition) is 0. The van der Waals surface area contributed by atoms with Gasteiger partial charge in [-0.1, -0.05) is 132 Å². The molecule has 0 radical (unpaired) electrons. The van der Waals surface area contributed by atoms with Gasteiger partial charge in [-0.2, -0.15) is 0 Å². The zero-order chi connectivity index (χ0) is 38.7. The standard InChI is InChI=1S/C7H5NO.C7H5NS.C7H6O2.C6H4N2O.4C4H10/c3*1-2-4-7-6(3-1)8-5-9-7;1-2-4-6-5(3-1)7-9-8-6;4*1-4(2)3/h2*1-5H;1-4H,5H2;1-4H;4*4H,1-3H3. The van der Waals surface area contributed by atoms with Crippen LogP contribution in [-0.2, 0) is 0 Å². The fourth-order valence-electron chi connectivity index (χ4n) is 3.18. The largest absolute Gasteiger partial charge is 0.454 e. The van der Waals surface area contributed by atoms with E-state index < -0.39 is 0 Å². The van der Waals surface area contributed by atoms with Crippen LogP contribution >= 0.6 is 11.3 Å². The van der Waals surface area contributed by atoms with Crippen molar-refractivity contribution in [3.63, 3.8) is 0 Å². The van der Waals surface area contributed by atoms with E-state index in [1.165, 1.54) is 11.1 Å². The summed E-state index contributed by atoms with van der Waals surface area (Å²) in [6.45, 7) is 26.4. The van der Waals surface area contributed by atoms with Crippen LogP contribution < -0.4 is 9.47 Å². The van der Waals surface area contributed by atoms with Crippen LogP contribution in [0.2, 0.25) is 0 Å². The van der Waals surface area contributed by atoms with Crippen LogP contribution in [0.25, 0.3) is 32.3 Å². The number of para-hydroxylation sites is 5. The van der Waals surface area contributed by atoms with E-state index in [-0.39, 0.29) is 0 Å². The van der Waals surface area contributed by atoms with Crippen LogP contribution in [0.4, 0.5) is 0 Å². The summed E-state index contributed by atoms with van der Waals surface area (Å²) in [5.41, 5.74) is 6.33. The fourth-order valence-corrected chi connectivity index (χ4v) is 3.86. The molecule has 9 heteroatoms. The lowest BCUT2D eigenvalue weighted by molar-refractivity contribution is 0.174. The van der Waals surface area contributed by atoms with Crippen molar-refractivity contribution in [2.45, 2.75) is 83.1 Å². The summed E-state index contributed by atoms with van der Waals surface area (Å²) in [4.78, 5) is 8.09. The summed E-state index contributed by atoms with van der Waals surface area (Å²) < 4.78 is 20.9. The third-order valence-corrected chi connectivity index (χ3v) is 5.72. The zero-order valence-electron chi connectivity index (χ0n) is 33.2. The molecule has 52 heavy (non-hydrogen) atoms. The van der Waals surface area contributed by atoms with Crippen LogP contribution in [-0.4, -0.2) is 27.1 Å². The molecule has 0 atom stereocenters. The molecule has 4 aromatic carbocycles. The Labute approximate surface area is 315 Å². The lowest BCUT2D eigenvalue weighted by atomic mass is 10.3. The average molecular weight is 729 g/mol. The molecule has 0 unspecified atom stereocenters. The van der Waals surface area contributed by atoms with E-state index in [9.17, 15) is 0 Å². The van der Waals surface area contributed by atoms with E-state index in [4.69, 9.17) is 13.9 Å². The molecule has 8 nitrogen and oxygen atoms in total. The van der Waals surface area contributed by atoms with Gasteiger partial charge < -0.3 is 13.9 Å². The summed E-state index contributed by atoms with van der Waals surface area (Å²) in [6.07, 6.45) is 1.45. The van der Waals surface area contributed by atoms with Gasteiger partial charge in [0.15, 0.2) is 23.5 Å². The molecule has 3 aromatic heterocycles. The molecule has 0 fully saturated rings. The minimum absolute atomic E-state index is 0.360. The summed E-state index contributed by atoms with van der Waals surface area (Å²) >= 11 is 1.68. The maximum atomic E-state index is 5.08.